The van der Waals surface area contributed by atoms with Crippen LogP contribution in [0.2, 0.25) is 0 Å². The third kappa shape index (κ3) is 2.20. The lowest BCUT2D eigenvalue weighted by Gasteiger charge is -2.19. The molecule has 4 nitrogen and oxygen atoms in total. The number of hydrogen-bond donors (Lipinski definition) is 0. The Kier molecular flexibility index (Phi) is 3.24. The number of carbonyl (C=O) groups excluding carboxylic acids is 1. The first-order valence-electron chi connectivity index (χ1n) is 7.64. The van der Waals surface area contributed by atoms with Gasteiger partial charge in [-0.25, -0.2) is 0 Å². The largest absolute Gasteiger partial charge is 0.289 e. The lowest BCUT2D eigenvalue weighted by Crippen LogP contribution is -2.14. The standard InChI is InChI=1S/C20H13NO3/c22-20-17-7-2-1-5-13(17)11-14-9-10-15(12-18(14)20)16-6-3-4-8-19(16)21(23)24/h1-10,12H,11H2. The molecule has 0 amide bonds. The zero-order valence-corrected chi connectivity index (χ0v) is 12.7. The number of nitrogens with zero attached hydrogens (tertiary/aromatic N) is 1. The quantitative estimate of drug-likeness (QED) is 0.407. The zero-order chi connectivity index (χ0) is 16.7. The number of nitro groups is 1. The number of benzene rings is 3. The molecule has 1 aliphatic rings. The minimum atomic E-state index is -0.397. The fraction of sp³-hybridized carbons (Fsp3) is 0.0500. The molecule has 0 fully saturated rings. The van der Waals surface area contributed by atoms with Crippen LogP contribution < -0.4 is 0 Å². The van der Waals surface area contributed by atoms with Gasteiger partial charge in [-0.1, -0.05) is 48.5 Å². The molecule has 0 spiro atoms. The van der Waals surface area contributed by atoms with Crippen molar-refractivity contribution in [2.24, 2.45) is 0 Å². The first kappa shape index (κ1) is 14.3. The summed E-state index contributed by atoms with van der Waals surface area (Å²) in [6.45, 7) is 0. The van der Waals surface area contributed by atoms with Gasteiger partial charge in [0.05, 0.1) is 10.5 Å². The van der Waals surface area contributed by atoms with Crippen molar-refractivity contribution < 1.29 is 9.72 Å². The summed E-state index contributed by atoms with van der Waals surface area (Å²) in [6.07, 6.45) is 0.703. The Morgan fingerprint density at radius 1 is 0.792 bits per heavy atom. The normalized spacial score (nSPS) is 12.4. The number of para-hydroxylation sites is 1. The van der Waals surface area contributed by atoms with Gasteiger partial charge >= 0.3 is 0 Å². The average molecular weight is 315 g/mol. The Morgan fingerprint density at radius 3 is 2.25 bits per heavy atom. The predicted octanol–water partition coefficient (Wildman–Crippen LogP) is 4.40. The van der Waals surface area contributed by atoms with E-state index in [2.05, 4.69) is 0 Å². The van der Waals surface area contributed by atoms with Crippen molar-refractivity contribution in [3.8, 4) is 11.1 Å². The maximum Gasteiger partial charge on any atom is 0.277 e. The van der Waals surface area contributed by atoms with Crippen LogP contribution in [0.5, 0.6) is 0 Å². The van der Waals surface area contributed by atoms with Crippen molar-refractivity contribution in [3.05, 3.63) is 99.1 Å². The molecule has 3 aromatic carbocycles. The smallest absolute Gasteiger partial charge is 0.277 e. The van der Waals surface area contributed by atoms with Crippen LogP contribution in [0.25, 0.3) is 11.1 Å². The molecule has 0 atom stereocenters. The van der Waals surface area contributed by atoms with Gasteiger partial charge in [0.25, 0.3) is 5.69 Å². The van der Waals surface area contributed by atoms with Gasteiger partial charge in [-0.3, -0.25) is 14.9 Å². The Morgan fingerprint density at radius 2 is 1.46 bits per heavy atom. The van der Waals surface area contributed by atoms with Gasteiger partial charge in [-0.15, -0.1) is 0 Å². The third-order valence-corrected chi connectivity index (χ3v) is 4.41. The minimum absolute atomic E-state index is 0.0210. The van der Waals surface area contributed by atoms with E-state index in [1.165, 1.54) is 6.07 Å². The Balaban J connectivity index is 1.86. The number of fused-ring (bicyclic) bond motifs is 2. The minimum Gasteiger partial charge on any atom is -0.289 e. The summed E-state index contributed by atoms with van der Waals surface area (Å²) in [5.74, 6) is -0.0210. The van der Waals surface area contributed by atoms with Gasteiger partial charge in [0.2, 0.25) is 0 Å². The molecule has 1 aliphatic carbocycles. The van der Waals surface area contributed by atoms with Crippen molar-refractivity contribution in [2.45, 2.75) is 6.42 Å². The second-order valence-corrected chi connectivity index (χ2v) is 5.81. The molecule has 3 aromatic rings. The van der Waals surface area contributed by atoms with E-state index in [0.29, 0.717) is 28.7 Å². The molecule has 0 aromatic heterocycles. The highest BCUT2D eigenvalue weighted by atomic mass is 16.6. The summed E-state index contributed by atoms with van der Waals surface area (Å²) >= 11 is 0. The van der Waals surface area contributed by atoms with Crippen LogP contribution in [0, 0.1) is 10.1 Å². The van der Waals surface area contributed by atoms with Crippen LogP contribution in [0.1, 0.15) is 27.0 Å². The molecular weight excluding hydrogens is 302 g/mol. The average Bonchev–Trinajstić information content (AvgIpc) is 2.62. The fourth-order valence-electron chi connectivity index (χ4n) is 3.23. The lowest BCUT2D eigenvalue weighted by molar-refractivity contribution is -0.384. The Labute approximate surface area is 138 Å². The van der Waals surface area contributed by atoms with E-state index in [4.69, 9.17) is 0 Å². The van der Waals surface area contributed by atoms with E-state index in [-0.39, 0.29) is 11.5 Å². The van der Waals surface area contributed by atoms with Crippen LogP contribution in [-0.4, -0.2) is 10.7 Å². The summed E-state index contributed by atoms with van der Waals surface area (Å²) in [5, 5.41) is 11.3. The highest BCUT2D eigenvalue weighted by molar-refractivity contribution is 6.12. The summed E-state index contributed by atoms with van der Waals surface area (Å²) in [7, 11) is 0. The maximum atomic E-state index is 12.8. The number of ketones is 1. The van der Waals surface area contributed by atoms with E-state index < -0.39 is 4.92 Å². The summed E-state index contributed by atoms with van der Waals surface area (Å²) in [6, 6.07) is 19.7. The van der Waals surface area contributed by atoms with Gasteiger partial charge in [-0.05, 0) is 35.2 Å². The SMILES string of the molecule is O=C1c2ccccc2Cc2ccc(-c3ccccc3[N+](=O)[O-])cc21. The fourth-order valence-corrected chi connectivity index (χ4v) is 3.23. The Hall–Kier alpha value is -3.27. The Bertz CT molecular complexity index is 992. The number of nitro benzene ring substituents is 1. The summed E-state index contributed by atoms with van der Waals surface area (Å²) < 4.78 is 0. The van der Waals surface area contributed by atoms with Crippen molar-refractivity contribution >= 4 is 11.5 Å². The molecule has 0 radical (unpaired) electrons. The van der Waals surface area contributed by atoms with E-state index in [1.54, 1.807) is 24.3 Å². The van der Waals surface area contributed by atoms with Crippen molar-refractivity contribution in [1.82, 2.24) is 0 Å². The van der Waals surface area contributed by atoms with E-state index in [9.17, 15) is 14.9 Å². The molecule has 4 rings (SSSR count). The van der Waals surface area contributed by atoms with Gasteiger partial charge in [0.1, 0.15) is 0 Å². The number of hydrogen-bond acceptors (Lipinski definition) is 3. The molecular formula is C20H13NO3. The van der Waals surface area contributed by atoms with E-state index in [1.807, 2.05) is 36.4 Å². The molecule has 0 heterocycles. The number of rotatable bonds is 2. The molecule has 0 unspecified atom stereocenters. The van der Waals surface area contributed by atoms with Gasteiger partial charge in [0, 0.05) is 17.2 Å². The molecule has 0 saturated carbocycles. The highest BCUT2D eigenvalue weighted by Crippen LogP contribution is 2.34. The zero-order valence-electron chi connectivity index (χ0n) is 12.7. The second-order valence-electron chi connectivity index (χ2n) is 5.81. The first-order valence-corrected chi connectivity index (χ1v) is 7.64. The molecule has 24 heavy (non-hydrogen) atoms. The molecule has 0 bridgehead atoms. The van der Waals surface area contributed by atoms with E-state index in [0.717, 1.165) is 11.1 Å². The van der Waals surface area contributed by atoms with Crippen molar-refractivity contribution in [1.29, 1.82) is 0 Å². The van der Waals surface area contributed by atoms with Crippen LogP contribution >= 0.6 is 0 Å². The summed E-state index contributed by atoms with van der Waals surface area (Å²) in [5.41, 5.74) is 4.58. The van der Waals surface area contributed by atoms with E-state index >= 15 is 0 Å². The molecule has 116 valence electrons. The van der Waals surface area contributed by atoms with Crippen LogP contribution in [0.15, 0.2) is 66.7 Å². The topological polar surface area (TPSA) is 60.2 Å². The van der Waals surface area contributed by atoms with Crippen LogP contribution in [0.4, 0.5) is 5.69 Å². The van der Waals surface area contributed by atoms with Gasteiger partial charge in [0.15, 0.2) is 5.78 Å². The van der Waals surface area contributed by atoms with Gasteiger partial charge in [-0.2, -0.15) is 0 Å². The second kappa shape index (κ2) is 5.42. The molecule has 0 aliphatic heterocycles. The number of carbonyl (C=O) groups is 1. The van der Waals surface area contributed by atoms with Crippen molar-refractivity contribution in [3.63, 3.8) is 0 Å². The first-order chi connectivity index (χ1) is 11.6. The molecule has 0 saturated heterocycles. The lowest BCUT2D eigenvalue weighted by atomic mass is 9.83. The van der Waals surface area contributed by atoms with Gasteiger partial charge < -0.3 is 0 Å². The highest BCUT2D eigenvalue weighted by Gasteiger charge is 2.24. The summed E-state index contributed by atoms with van der Waals surface area (Å²) in [4.78, 5) is 23.6. The van der Waals surface area contributed by atoms with Crippen LogP contribution in [-0.2, 0) is 6.42 Å². The monoisotopic (exact) mass is 315 g/mol. The molecule has 0 N–H and O–H groups in total. The third-order valence-electron chi connectivity index (χ3n) is 4.41. The van der Waals surface area contributed by atoms with Crippen molar-refractivity contribution in [2.75, 3.05) is 0 Å². The maximum absolute atomic E-state index is 12.8. The predicted molar refractivity (Wildman–Crippen MR) is 91.2 cm³/mol. The molecule has 4 heteroatoms. The van der Waals surface area contributed by atoms with Crippen LogP contribution in [0.3, 0.4) is 0 Å².